The minimum Gasteiger partial charge on any atom is -1.00 e. The van der Waals surface area contributed by atoms with E-state index in [0.29, 0.717) is 0 Å². The summed E-state index contributed by atoms with van der Waals surface area (Å²) in [5, 5.41) is 0. The maximum absolute atomic E-state index is 6.28. The monoisotopic (exact) mass is 922 g/mol. The molecule has 6 aliphatic rings. The lowest BCUT2D eigenvalue weighted by atomic mass is 9.53. The molecule has 0 amide bonds. The first-order valence-corrected chi connectivity index (χ1v) is 20.8. The average Bonchev–Trinajstić information content (AvgIpc) is 3.10. The van der Waals surface area contributed by atoms with Crippen molar-refractivity contribution in [3.8, 4) is 11.5 Å². The molecule has 0 spiro atoms. The molecule has 2 heterocycles. The summed E-state index contributed by atoms with van der Waals surface area (Å²) in [5.41, 5.74) is 6.01. The number of rotatable bonds is 16. The first-order chi connectivity index (χ1) is 24.0. The lowest BCUT2D eigenvalue weighted by Crippen LogP contribution is -3.00. The summed E-state index contributed by atoms with van der Waals surface area (Å²) in [7, 11) is 4.93. The molecule has 4 saturated carbocycles. The fourth-order valence-corrected chi connectivity index (χ4v) is 11.0. The smallest absolute Gasteiger partial charge is 0.119 e. The Morgan fingerprint density at radius 1 is 0.510 bits per heavy atom. The molecule has 0 atom stereocenters. The van der Waals surface area contributed by atoms with Gasteiger partial charge in [-0.05, 0) is 174 Å². The van der Waals surface area contributed by atoms with Gasteiger partial charge in [0, 0.05) is 0 Å². The maximum Gasteiger partial charge on any atom is 0.119 e. The zero-order valence-corrected chi connectivity index (χ0v) is 36.4. The molecular formula is C45H68I2N2O2. The standard InChI is InChI=1S/C45H68N2O2.2HI/c1-46(23-7-3-8-24-46)27-11-5-13-29-48-42-19-15-38(16-20-42)44(45-40-32-36-31-37(34-40)35-41(45)33-36)39-17-21-43(22-18-39)49-30-14-6-12-28-47(2)25-9-4-10-26-47;;/h15-22,36-37,40-41H,3-14,23-35H2,1-2H3;2*1H/q+2;;/p-2. The number of unbranched alkanes of at least 4 members (excludes halogenated alkanes) is 4. The summed E-state index contributed by atoms with van der Waals surface area (Å²) in [6.45, 7) is 9.82. The van der Waals surface area contributed by atoms with Crippen LogP contribution < -0.4 is 57.4 Å². The lowest BCUT2D eigenvalue weighted by Gasteiger charge is -2.52. The number of quaternary nitrogens is 2. The number of hydrogen-bond acceptors (Lipinski definition) is 2. The van der Waals surface area contributed by atoms with Crippen LogP contribution in [0.25, 0.3) is 5.57 Å². The summed E-state index contributed by atoms with van der Waals surface area (Å²) in [5.74, 6) is 5.50. The zero-order valence-electron chi connectivity index (χ0n) is 32.1. The largest absolute Gasteiger partial charge is 1.00 e. The summed E-state index contributed by atoms with van der Waals surface area (Å²) < 4.78 is 15.1. The molecule has 8 rings (SSSR count). The number of benzene rings is 2. The molecule has 6 heteroatoms. The van der Waals surface area contributed by atoms with Gasteiger partial charge in [0.25, 0.3) is 0 Å². The van der Waals surface area contributed by atoms with E-state index in [1.54, 1.807) is 5.57 Å². The molecule has 4 bridgehead atoms. The van der Waals surface area contributed by atoms with Gasteiger partial charge in [-0.3, -0.25) is 0 Å². The normalized spacial score (nSPS) is 25.8. The number of piperidine rings is 2. The van der Waals surface area contributed by atoms with Crippen LogP contribution in [0.4, 0.5) is 0 Å². The Morgan fingerprint density at radius 2 is 0.902 bits per heavy atom. The predicted molar refractivity (Wildman–Crippen MR) is 204 cm³/mol. The Hall–Kier alpha value is -0.840. The second kappa shape index (κ2) is 19.7. The number of ether oxygens (including phenoxy) is 2. The second-order valence-electron chi connectivity index (χ2n) is 17.7. The van der Waals surface area contributed by atoms with Crippen molar-refractivity contribution >= 4 is 5.57 Å². The van der Waals surface area contributed by atoms with Gasteiger partial charge in [-0.15, -0.1) is 0 Å². The van der Waals surface area contributed by atoms with Crippen molar-refractivity contribution in [2.75, 3.05) is 66.6 Å². The van der Waals surface area contributed by atoms with E-state index in [9.17, 15) is 0 Å². The highest BCUT2D eigenvalue weighted by atomic mass is 127. The molecule has 0 N–H and O–H groups in total. The summed E-state index contributed by atoms with van der Waals surface area (Å²) >= 11 is 0. The van der Waals surface area contributed by atoms with Crippen LogP contribution in [-0.4, -0.2) is 75.5 Å². The Bertz CT molecular complexity index is 1250. The van der Waals surface area contributed by atoms with Gasteiger partial charge in [0.1, 0.15) is 11.5 Å². The Balaban J connectivity index is 0.00000252. The van der Waals surface area contributed by atoms with E-state index in [-0.39, 0.29) is 48.0 Å². The average molecular weight is 923 g/mol. The van der Waals surface area contributed by atoms with E-state index in [4.69, 9.17) is 9.47 Å². The summed E-state index contributed by atoms with van der Waals surface area (Å²) in [6.07, 6.45) is 23.1. The zero-order chi connectivity index (χ0) is 33.5. The van der Waals surface area contributed by atoms with Crippen LogP contribution in [-0.2, 0) is 0 Å². The fraction of sp³-hybridized carbons (Fsp3) is 0.689. The molecule has 284 valence electrons. The molecule has 0 aromatic heterocycles. The second-order valence-corrected chi connectivity index (χ2v) is 17.7. The topological polar surface area (TPSA) is 18.5 Å². The summed E-state index contributed by atoms with van der Waals surface area (Å²) in [6, 6.07) is 18.3. The fourth-order valence-electron chi connectivity index (χ4n) is 11.0. The number of hydrogen-bond donors (Lipinski definition) is 0. The third-order valence-corrected chi connectivity index (χ3v) is 13.6. The van der Waals surface area contributed by atoms with E-state index >= 15 is 0 Å². The Morgan fingerprint density at radius 3 is 1.29 bits per heavy atom. The van der Waals surface area contributed by atoms with Gasteiger partial charge in [-0.2, -0.15) is 0 Å². The molecule has 0 radical (unpaired) electrons. The van der Waals surface area contributed by atoms with Gasteiger partial charge in [-0.25, -0.2) is 0 Å². The predicted octanol–water partition coefficient (Wildman–Crippen LogP) is 4.31. The quantitative estimate of drug-likeness (QED) is 0.142. The van der Waals surface area contributed by atoms with Crippen LogP contribution in [0.2, 0.25) is 0 Å². The molecule has 2 aromatic carbocycles. The van der Waals surface area contributed by atoms with Gasteiger partial charge < -0.3 is 66.4 Å². The molecule has 0 unspecified atom stereocenters. The van der Waals surface area contributed by atoms with Crippen LogP contribution in [0.1, 0.15) is 120 Å². The highest BCUT2D eigenvalue weighted by molar-refractivity contribution is 5.83. The Labute approximate surface area is 345 Å². The molecular weight excluding hydrogens is 854 g/mol. The van der Waals surface area contributed by atoms with Crippen molar-refractivity contribution in [2.24, 2.45) is 23.7 Å². The SMILES string of the molecule is C[N+]1(CCCCCOc2ccc(C(=C3C4CC5CC(C4)CC3C5)c3ccc(OCCCCC[N+]4(C)CCCCC4)cc3)cc2)CCCCC1.[I-].[I-]. The molecule has 2 aliphatic heterocycles. The lowest BCUT2D eigenvalue weighted by molar-refractivity contribution is -0.914. The molecule has 4 nitrogen and oxygen atoms in total. The van der Waals surface area contributed by atoms with Crippen molar-refractivity contribution in [1.29, 1.82) is 0 Å². The van der Waals surface area contributed by atoms with Crippen LogP contribution >= 0.6 is 0 Å². The highest BCUT2D eigenvalue weighted by Crippen LogP contribution is 2.58. The van der Waals surface area contributed by atoms with Crippen molar-refractivity contribution < 1.29 is 66.4 Å². The number of likely N-dealkylation sites (tertiary alicyclic amines) is 2. The third kappa shape index (κ3) is 11.1. The Kier molecular flexibility index (Phi) is 15.9. The van der Waals surface area contributed by atoms with E-state index < -0.39 is 0 Å². The molecule has 2 saturated heterocycles. The third-order valence-electron chi connectivity index (χ3n) is 13.6. The van der Waals surface area contributed by atoms with Crippen LogP contribution in [0.15, 0.2) is 54.1 Å². The molecule has 2 aromatic rings. The summed E-state index contributed by atoms with van der Waals surface area (Å²) in [4.78, 5) is 0. The van der Waals surface area contributed by atoms with Crippen molar-refractivity contribution in [2.45, 2.75) is 109 Å². The molecule has 51 heavy (non-hydrogen) atoms. The van der Waals surface area contributed by atoms with Crippen molar-refractivity contribution in [3.05, 3.63) is 65.2 Å². The van der Waals surface area contributed by atoms with Gasteiger partial charge in [-0.1, -0.05) is 29.8 Å². The van der Waals surface area contributed by atoms with Gasteiger partial charge in [0.2, 0.25) is 0 Å². The van der Waals surface area contributed by atoms with E-state index in [1.807, 2.05) is 0 Å². The van der Waals surface area contributed by atoms with Gasteiger partial charge >= 0.3 is 0 Å². The van der Waals surface area contributed by atoms with Crippen LogP contribution in [0, 0.1) is 23.7 Å². The van der Waals surface area contributed by atoms with Crippen molar-refractivity contribution in [3.63, 3.8) is 0 Å². The van der Waals surface area contributed by atoms with Gasteiger partial charge in [0.15, 0.2) is 0 Å². The van der Waals surface area contributed by atoms with Crippen molar-refractivity contribution in [1.82, 2.24) is 0 Å². The van der Waals surface area contributed by atoms with E-state index in [0.717, 1.165) is 61.2 Å². The van der Waals surface area contributed by atoms with Crippen LogP contribution in [0.3, 0.4) is 0 Å². The highest BCUT2D eigenvalue weighted by Gasteiger charge is 2.46. The van der Waals surface area contributed by atoms with E-state index in [2.05, 4.69) is 62.6 Å². The maximum atomic E-state index is 6.28. The van der Waals surface area contributed by atoms with E-state index in [1.165, 1.54) is 161 Å². The number of allylic oxidation sites excluding steroid dienone is 1. The molecule has 4 aliphatic carbocycles. The number of nitrogens with zero attached hydrogens (tertiary/aromatic N) is 2. The number of halogens is 2. The molecule has 6 fully saturated rings. The first-order valence-electron chi connectivity index (χ1n) is 20.8. The minimum atomic E-state index is 0. The van der Waals surface area contributed by atoms with Crippen LogP contribution in [0.5, 0.6) is 11.5 Å². The van der Waals surface area contributed by atoms with Gasteiger partial charge in [0.05, 0.1) is 66.6 Å². The minimum absolute atomic E-state index is 0. The first kappa shape index (κ1) is 41.3.